The van der Waals surface area contributed by atoms with Gasteiger partial charge in [-0.15, -0.1) is 0 Å². The molecule has 1 aliphatic carbocycles. The van der Waals surface area contributed by atoms with Crippen molar-refractivity contribution in [1.82, 2.24) is 20.5 Å². The number of nitrogens with one attached hydrogen (secondary N) is 3. The van der Waals surface area contributed by atoms with Crippen molar-refractivity contribution in [3.8, 4) is 6.07 Å². The second-order valence-electron chi connectivity index (χ2n) is 8.48. The van der Waals surface area contributed by atoms with Crippen LogP contribution in [0.15, 0.2) is 41.6 Å². The molecule has 0 aromatic carbocycles. The SMILES string of the molecule is CCNC1=C2NC(=O)C(CC)(N3CC[C@H](F)[C@@H](Nc4ccc(C#N)nc4)C3)C2CC(F)=C1. The summed E-state index contributed by atoms with van der Waals surface area (Å²) in [5, 5.41) is 18.3. The van der Waals surface area contributed by atoms with Gasteiger partial charge in [0.15, 0.2) is 0 Å². The fourth-order valence-electron chi connectivity index (χ4n) is 5.24. The zero-order valence-electron chi connectivity index (χ0n) is 18.3. The van der Waals surface area contributed by atoms with Crippen molar-refractivity contribution < 1.29 is 13.6 Å². The lowest BCUT2D eigenvalue weighted by molar-refractivity contribution is -0.133. The van der Waals surface area contributed by atoms with E-state index in [2.05, 4.69) is 20.9 Å². The number of aromatic nitrogens is 1. The third kappa shape index (κ3) is 3.73. The van der Waals surface area contributed by atoms with E-state index in [4.69, 9.17) is 5.26 Å². The van der Waals surface area contributed by atoms with Crippen molar-refractivity contribution in [3.63, 3.8) is 0 Å². The first-order valence-corrected chi connectivity index (χ1v) is 11.1. The van der Waals surface area contributed by atoms with Gasteiger partial charge in [0.05, 0.1) is 23.6 Å². The van der Waals surface area contributed by atoms with E-state index in [1.165, 1.54) is 12.3 Å². The smallest absolute Gasteiger partial charge is 0.245 e. The average molecular weight is 443 g/mol. The molecule has 4 atom stereocenters. The molecule has 170 valence electrons. The highest BCUT2D eigenvalue weighted by molar-refractivity contribution is 5.92. The van der Waals surface area contributed by atoms with Crippen LogP contribution < -0.4 is 16.0 Å². The third-order valence-electron chi connectivity index (χ3n) is 6.79. The van der Waals surface area contributed by atoms with Crippen LogP contribution in [0.4, 0.5) is 14.5 Å². The van der Waals surface area contributed by atoms with E-state index < -0.39 is 17.8 Å². The van der Waals surface area contributed by atoms with E-state index in [0.29, 0.717) is 37.4 Å². The zero-order valence-corrected chi connectivity index (χ0v) is 18.3. The van der Waals surface area contributed by atoms with Gasteiger partial charge < -0.3 is 16.0 Å². The van der Waals surface area contributed by atoms with Gasteiger partial charge in [-0.1, -0.05) is 6.92 Å². The lowest BCUT2D eigenvalue weighted by atomic mass is 9.75. The van der Waals surface area contributed by atoms with Crippen LogP contribution in [0.25, 0.3) is 0 Å². The van der Waals surface area contributed by atoms with Crippen molar-refractivity contribution in [3.05, 3.63) is 47.3 Å². The second kappa shape index (κ2) is 8.87. The fourth-order valence-corrected chi connectivity index (χ4v) is 5.24. The van der Waals surface area contributed by atoms with E-state index in [1.807, 2.05) is 24.8 Å². The summed E-state index contributed by atoms with van der Waals surface area (Å²) in [6, 6.07) is 4.67. The molecule has 3 aliphatic rings. The lowest BCUT2D eigenvalue weighted by Gasteiger charge is -2.47. The summed E-state index contributed by atoms with van der Waals surface area (Å²) in [5.74, 6) is -0.773. The van der Waals surface area contributed by atoms with Crippen LogP contribution in [0.2, 0.25) is 0 Å². The monoisotopic (exact) mass is 442 g/mol. The molecule has 0 radical (unpaired) electrons. The van der Waals surface area contributed by atoms with Gasteiger partial charge >= 0.3 is 0 Å². The Morgan fingerprint density at radius 2 is 2.22 bits per heavy atom. The number of rotatable bonds is 6. The Labute approximate surface area is 186 Å². The molecule has 0 saturated carbocycles. The molecular weight excluding hydrogens is 414 g/mol. The number of nitrogens with zero attached hydrogens (tertiary/aromatic N) is 3. The molecule has 7 nitrogen and oxygen atoms in total. The number of carbonyl (C=O) groups is 1. The highest BCUT2D eigenvalue weighted by Crippen LogP contribution is 2.46. The highest BCUT2D eigenvalue weighted by atomic mass is 19.1. The number of likely N-dealkylation sites (tertiary alicyclic amines) is 1. The quantitative estimate of drug-likeness (QED) is 0.627. The van der Waals surface area contributed by atoms with Gasteiger partial charge in [0.2, 0.25) is 5.91 Å². The zero-order chi connectivity index (χ0) is 22.9. The molecule has 0 bridgehead atoms. The lowest BCUT2D eigenvalue weighted by Crippen LogP contribution is -2.63. The number of hydrogen-bond acceptors (Lipinski definition) is 6. The summed E-state index contributed by atoms with van der Waals surface area (Å²) in [6.45, 7) is 5.18. The number of hydrogen-bond donors (Lipinski definition) is 3. The first-order chi connectivity index (χ1) is 15.4. The van der Waals surface area contributed by atoms with Crippen molar-refractivity contribution >= 4 is 11.6 Å². The standard InChI is InChI=1S/C23H28F2N6O/c1-3-23(17-9-14(24)10-19(27-4-2)21(17)30-22(23)32)31-8-7-18(25)20(13-31)29-16-6-5-15(11-26)28-12-16/h5-6,10,12,17-18,20,27,29H,3-4,7-9,13H2,1-2H3,(H,30,32)/t17?,18-,20-,23?/m0/s1. The van der Waals surface area contributed by atoms with E-state index in [-0.39, 0.29) is 36.2 Å². The second-order valence-corrected chi connectivity index (χ2v) is 8.48. The molecule has 4 rings (SSSR count). The summed E-state index contributed by atoms with van der Waals surface area (Å²) in [6.07, 6.45) is 2.76. The number of pyridine rings is 1. The summed E-state index contributed by atoms with van der Waals surface area (Å²) in [5.41, 5.74) is 1.30. The van der Waals surface area contributed by atoms with Gasteiger partial charge in [-0.05, 0) is 38.0 Å². The van der Waals surface area contributed by atoms with Gasteiger partial charge in [-0.25, -0.2) is 13.8 Å². The number of allylic oxidation sites excluding steroid dienone is 2. The summed E-state index contributed by atoms with van der Waals surface area (Å²) in [4.78, 5) is 19.4. The molecular formula is C23H28F2N6O. The van der Waals surface area contributed by atoms with E-state index in [1.54, 1.807) is 12.1 Å². The number of halogens is 2. The minimum Gasteiger partial charge on any atom is -0.384 e. The van der Waals surface area contributed by atoms with Gasteiger partial charge in [0, 0.05) is 37.7 Å². The predicted molar refractivity (Wildman–Crippen MR) is 117 cm³/mol. The van der Waals surface area contributed by atoms with Gasteiger partial charge in [-0.2, -0.15) is 5.26 Å². The summed E-state index contributed by atoms with van der Waals surface area (Å²) >= 11 is 0. The Morgan fingerprint density at radius 3 is 2.88 bits per heavy atom. The number of carbonyl (C=O) groups excluding carboxylic acids is 1. The Balaban J connectivity index is 1.61. The highest BCUT2D eigenvalue weighted by Gasteiger charge is 2.58. The number of fused-ring (bicyclic) bond motifs is 1. The number of piperidine rings is 1. The van der Waals surface area contributed by atoms with Crippen LogP contribution in [0, 0.1) is 17.2 Å². The molecule has 0 spiro atoms. The molecule has 3 N–H and O–H groups in total. The maximum atomic E-state index is 14.9. The number of amides is 1. The van der Waals surface area contributed by atoms with Crippen molar-refractivity contribution in [1.29, 1.82) is 5.26 Å². The first kappa shape index (κ1) is 22.2. The molecule has 9 heteroatoms. The minimum atomic E-state index is -1.10. The minimum absolute atomic E-state index is 0.143. The normalized spacial score (nSPS) is 30.3. The molecule has 1 aromatic heterocycles. The van der Waals surface area contributed by atoms with Crippen molar-refractivity contribution in [2.75, 3.05) is 25.0 Å². The topological polar surface area (TPSA) is 93.1 Å². The summed E-state index contributed by atoms with van der Waals surface area (Å²) < 4.78 is 29.5. The Bertz CT molecular complexity index is 985. The molecule has 2 fully saturated rings. The number of nitriles is 1. The predicted octanol–water partition coefficient (Wildman–Crippen LogP) is 2.75. The van der Waals surface area contributed by atoms with Gasteiger partial charge in [-0.3, -0.25) is 9.69 Å². The molecule has 2 saturated heterocycles. The van der Waals surface area contributed by atoms with Crippen LogP contribution in [-0.2, 0) is 4.79 Å². The average Bonchev–Trinajstić information content (AvgIpc) is 3.08. The third-order valence-corrected chi connectivity index (χ3v) is 6.79. The first-order valence-electron chi connectivity index (χ1n) is 11.1. The maximum Gasteiger partial charge on any atom is 0.245 e. The van der Waals surface area contributed by atoms with E-state index in [0.717, 1.165) is 5.70 Å². The number of anilines is 1. The maximum absolute atomic E-state index is 14.9. The largest absolute Gasteiger partial charge is 0.384 e. The van der Waals surface area contributed by atoms with E-state index in [9.17, 15) is 13.6 Å². The molecule has 1 amide bonds. The Kier molecular flexibility index (Phi) is 6.15. The van der Waals surface area contributed by atoms with Crippen LogP contribution in [0.5, 0.6) is 0 Å². The van der Waals surface area contributed by atoms with Crippen LogP contribution in [0.1, 0.15) is 38.8 Å². The van der Waals surface area contributed by atoms with Crippen molar-refractivity contribution in [2.45, 2.75) is 50.9 Å². The number of likely N-dealkylation sites (N-methyl/N-ethyl adjacent to an activating group) is 1. The van der Waals surface area contributed by atoms with Gasteiger partial charge in [0.25, 0.3) is 0 Å². The summed E-state index contributed by atoms with van der Waals surface area (Å²) in [7, 11) is 0. The van der Waals surface area contributed by atoms with Gasteiger partial charge in [0.1, 0.15) is 29.3 Å². The molecule has 32 heavy (non-hydrogen) atoms. The van der Waals surface area contributed by atoms with E-state index >= 15 is 0 Å². The molecule has 3 heterocycles. The Morgan fingerprint density at radius 1 is 1.41 bits per heavy atom. The molecule has 1 aromatic rings. The number of alkyl halides is 1. The van der Waals surface area contributed by atoms with Crippen molar-refractivity contribution in [2.24, 2.45) is 5.92 Å². The molecule has 2 aliphatic heterocycles. The molecule has 2 unspecified atom stereocenters. The van der Waals surface area contributed by atoms with Crippen LogP contribution in [-0.4, -0.2) is 53.2 Å². The Hall–Kier alpha value is -2.99. The fraction of sp³-hybridized carbons (Fsp3) is 0.522. The van der Waals surface area contributed by atoms with Crippen LogP contribution >= 0.6 is 0 Å². The van der Waals surface area contributed by atoms with Crippen LogP contribution in [0.3, 0.4) is 0 Å².